The molecule has 104 valence electrons. The Kier molecular flexibility index (Phi) is 4.62. The highest BCUT2D eigenvalue weighted by atomic mass is 35.5. The number of rotatable bonds is 3. The Balaban J connectivity index is 1.97. The van der Waals surface area contributed by atoms with E-state index in [0.29, 0.717) is 26.1 Å². The molecule has 1 aromatic rings. The van der Waals surface area contributed by atoms with Crippen molar-refractivity contribution in [2.75, 3.05) is 19.8 Å². The fraction of sp³-hybridized carbons (Fsp3) is 0.500. The Labute approximate surface area is 120 Å². The van der Waals surface area contributed by atoms with Gasteiger partial charge in [0.05, 0.1) is 11.2 Å². The van der Waals surface area contributed by atoms with Crippen molar-refractivity contribution in [3.63, 3.8) is 0 Å². The highest BCUT2D eigenvalue weighted by Crippen LogP contribution is 2.20. The Hall–Kier alpha value is -0.880. The van der Waals surface area contributed by atoms with E-state index in [-0.39, 0.29) is 28.3 Å². The van der Waals surface area contributed by atoms with Gasteiger partial charge in [-0.3, -0.25) is 4.79 Å². The Morgan fingerprint density at radius 3 is 2.74 bits per heavy atom. The molecule has 0 radical (unpaired) electrons. The van der Waals surface area contributed by atoms with E-state index < -0.39 is 5.60 Å². The molecule has 2 N–H and O–H groups in total. The quantitative estimate of drug-likeness (QED) is 0.833. The van der Waals surface area contributed by atoms with Gasteiger partial charge in [-0.15, -0.1) is 0 Å². The van der Waals surface area contributed by atoms with Crippen LogP contribution >= 0.6 is 23.2 Å². The molecule has 0 atom stereocenters. The van der Waals surface area contributed by atoms with E-state index in [9.17, 15) is 9.90 Å². The summed E-state index contributed by atoms with van der Waals surface area (Å²) in [5, 5.41) is 13.1. The third-order valence-electron chi connectivity index (χ3n) is 3.06. The summed E-state index contributed by atoms with van der Waals surface area (Å²) in [4.78, 5) is 15.7. The van der Waals surface area contributed by atoms with Crippen molar-refractivity contribution in [1.29, 1.82) is 0 Å². The molecule has 1 saturated heterocycles. The summed E-state index contributed by atoms with van der Waals surface area (Å²) in [5.74, 6) is -0.380. The van der Waals surface area contributed by atoms with E-state index in [0.717, 1.165) is 0 Å². The topological polar surface area (TPSA) is 71.5 Å². The summed E-state index contributed by atoms with van der Waals surface area (Å²) in [6, 6.07) is 2.99. The Morgan fingerprint density at radius 2 is 2.11 bits per heavy atom. The minimum absolute atomic E-state index is 0.0453. The van der Waals surface area contributed by atoms with Crippen molar-refractivity contribution >= 4 is 29.1 Å². The second-order valence-corrected chi connectivity index (χ2v) is 5.24. The van der Waals surface area contributed by atoms with Crippen molar-refractivity contribution in [1.82, 2.24) is 10.3 Å². The van der Waals surface area contributed by atoms with Crippen LogP contribution in [0.2, 0.25) is 10.3 Å². The lowest BCUT2D eigenvalue weighted by Crippen LogP contribution is -2.46. The van der Waals surface area contributed by atoms with Gasteiger partial charge in [-0.25, -0.2) is 4.98 Å². The Morgan fingerprint density at radius 1 is 1.42 bits per heavy atom. The second-order valence-electron chi connectivity index (χ2n) is 4.49. The Bertz CT molecular complexity index is 476. The molecule has 7 heteroatoms. The summed E-state index contributed by atoms with van der Waals surface area (Å²) in [6.07, 6.45) is 1.000. The predicted molar refractivity (Wildman–Crippen MR) is 71.6 cm³/mol. The maximum atomic E-state index is 11.9. The molecule has 1 amide bonds. The number of nitrogens with zero attached hydrogens (tertiary/aromatic N) is 1. The lowest BCUT2D eigenvalue weighted by atomic mass is 9.94. The first-order valence-corrected chi connectivity index (χ1v) is 6.66. The molecule has 0 bridgehead atoms. The van der Waals surface area contributed by atoms with Gasteiger partial charge in [0.1, 0.15) is 10.3 Å². The van der Waals surface area contributed by atoms with Crippen LogP contribution in [0.4, 0.5) is 0 Å². The first-order valence-electron chi connectivity index (χ1n) is 5.91. The van der Waals surface area contributed by atoms with Gasteiger partial charge < -0.3 is 15.2 Å². The number of halogens is 2. The van der Waals surface area contributed by atoms with Crippen molar-refractivity contribution in [2.45, 2.75) is 18.4 Å². The number of carbonyl (C=O) groups is 1. The summed E-state index contributed by atoms with van der Waals surface area (Å²) in [7, 11) is 0. The molecule has 2 heterocycles. The van der Waals surface area contributed by atoms with Gasteiger partial charge in [0.2, 0.25) is 0 Å². The van der Waals surface area contributed by atoms with Crippen LogP contribution in [0.5, 0.6) is 0 Å². The fourth-order valence-corrected chi connectivity index (χ4v) is 2.28. The van der Waals surface area contributed by atoms with Crippen molar-refractivity contribution in [2.24, 2.45) is 0 Å². The fourth-order valence-electron chi connectivity index (χ4n) is 1.85. The molecule has 19 heavy (non-hydrogen) atoms. The predicted octanol–water partition coefficient (Wildman–Crippen LogP) is 1.66. The van der Waals surface area contributed by atoms with Crippen LogP contribution in [0.3, 0.4) is 0 Å². The monoisotopic (exact) mass is 304 g/mol. The van der Waals surface area contributed by atoms with Gasteiger partial charge in [0.15, 0.2) is 0 Å². The minimum Gasteiger partial charge on any atom is -0.388 e. The number of aromatic nitrogens is 1. The van der Waals surface area contributed by atoms with E-state index in [4.69, 9.17) is 27.9 Å². The lowest BCUT2D eigenvalue weighted by Gasteiger charge is -2.32. The van der Waals surface area contributed by atoms with Gasteiger partial charge in [-0.05, 0) is 12.1 Å². The molecule has 0 spiro atoms. The maximum Gasteiger partial charge on any atom is 0.254 e. The molecule has 1 fully saturated rings. The lowest BCUT2D eigenvalue weighted by molar-refractivity contribution is -0.0605. The van der Waals surface area contributed by atoms with Gasteiger partial charge in [0, 0.05) is 32.6 Å². The molecule has 1 aromatic heterocycles. The third kappa shape index (κ3) is 3.79. The molecule has 1 aliphatic heterocycles. The van der Waals surface area contributed by atoms with Crippen LogP contribution in [0.25, 0.3) is 0 Å². The van der Waals surface area contributed by atoms with Crippen molar-refractivity contribution in [3.8, 4) is 0 Å². The first kappa shape index (κ1) is 14.5. The van der Waals surface area contributed by atoms with E-state index in [1.54, 1.807) is 0 Å². The molecule has 5 nitrogen and oxygen atoms in total. The van der Waals surface area contributed by atoms with Crippen LogP contribution in [-0.4, -0.2) is 41.4 Å². The highest BCUT2D eigenvalue weighted by molar-refractivity contribution is 6.34. The number of amides is 1. The molecule has 0 aliphatic carbocycles. The van der Waals surface area contributed by atoms with Crippen LogP contribution in [-0.2, 0) is 4.74 Å². The van der Waals surface area contributed by atoms with Crippen molar-refractivity contribution < 1.29 is 14.6 Å². The first-order chi connectivity index (χ1) is 9.00. The van der Waals surface area contributed by atoms with Gasteiger partial charge >= 0.3 is 0 Å². The molecule has 0 unspecified atom stereocenters. The van der Waals surface area contributed by atoms with Gasteiger partial charge in [0.25, 0.3) is 5.91 Å². The molecular formula is C12H14Cl2N2O3. The van der Waals surface area contributed by atoms with E-state index in [2.05, 4.69) is 10.3 Å². The number of carbonyl (C=O) groups excluding carboxylic acids is 1. The minimum atomic E-state index is -0.916. The zero-order valence-electron chi connectivity index (χ0n) is 10.2. The van der Waals surface area contributed by atoms with E-state index in [1.807, 2.05) is 0 Å². The van der Waals surface area contributed by atoms with Crippen LogP contribution < -0.4 is 5.32 Å². The highest BCUT2D eigenvalue weighted by Gasteiger charge is 2.30. The smallest absolute Gasteiger partial charge is 0.254 e. The zero-order chi connectivity index (χ0) is 13.9. The number of nitrogens with one attached hydrogen (secondary N) is 1. The average molecular weight is 305 g/mol. The number of hydrogen-bond acceptors (Lipinski definition) is 4. The number of hydrogen-bond donors (Lipinski definition) is 2. The summed E-state index contributed by atoms with van der Waals surface area (Å²) < 4.78 is 5.17. The molecule has 0 aromatic carbocycles. The van der Waals surface area contributed by atoms with Crippen LogP contribution in [0.1, 0.15) is 23.2 Å². The van der Waals surface area contributed by atoms with E-state index in [1.165, 1.54) is 12.1 Å². The third-order valence-corrected chi connectivity index (χ3v) is 3.56. The normalized spacial score (nSPS) is 18.1. The van der Waals surface area contributed by atoms with Gasteiger partial charge in [-0.2, -0.15) is 0 Å². The molecule has 2 rings (SSSR count). The van der Waals surface area contributed by atoms with Crippen LogP contribution in [0, 0.1) is 0 Å². The largest absolute Gasteiger partial charge is 0.388 e. The number of ether oxygens (including phenoxy) is 1. The summed E-state index contributed by atoms with van der Waals surface area (Å²) >= 11 is 11.5. The SMILES string of the molecule is O=C(NCC1(O)CCOCC1)c1ccc(Cl)nc1Cl. The maximum absolute atomic E-state index is 11.9. The molecule has 0 saturated carbocycles. The summed E-state index contributed by atoms with van der Waals surface area (Å²) in [5.41, 5.74) is -0.679. The standard InChI is InChI=1S/C12H14Cl2N2O3/c13-9-2-1-8(10(14)16-9)11(17)15-7-12(18)3-5-19-6-4-12/h1-2,18H,3-7H2,(H,15,17). The van der Waals surface area contributed by atoms with Crippen LogP contribution in [0.15, 0.2) is 12.1 Å². The second kappa shape index (κ2) is 6.05. The summed E-state index contributed by atoms with van der Waals surface area (Å²) in [6.45, 7) is 1.15. The number of aliphatic hydroxyl groups is 1. The zero-order valence-corrected chi connectivity index (χ0v) is 11.7. The van der Waals surface area contributed by atoms with Gasteiger partial charge in [-0.1, -0.05) is 23.2 Å². The molecule has 1 aliphatic rings. The van der Waals surface area contributed by atoms with E-state index >= 15 is 0 Å². The van der Waals surface area contributed by atoms with Crippen molar-refractivity contribution in [3.05, 3.63) is 28.0 Å². The molecular weight excluding hydrogens is 291 g/mol. The average Bonchev–Trinajstić information content (AvgIpc) is 2.37. The number of pyridine rings is 1.